The Morgan fingerprint density at radius 3 is 1.94 bits per heavy atom. The summed E-state index contributed by atoms with van der Waals surface area (Å²) in [5.41, 5.74) is -4.70. The minimum Gasteiger partial charge on any atom is -0.507 e. The summed E-state index contributed by atoms with van der Waals surface area (Å²) in [6, 6.07) is 7.03. The van der Waals surface area contributed by atoms with Crippen molar-refractivity contribution >= 4 is 58.2 Å². The number of imide groups is 2. The van der Waals surface area contributed by atoms with Gasteiger partial charge in [-0.1, -0.05) is 11.6 Å². The first-order valence-electron chi connectivity index (χ1n) is 16.0. The summed E-state index contributed by atoms with van der Waals surface area (Å²) < 4.78 is 108. The molecular formula is C36H25Cl2F7N2O7. The number of alkyl halides is 8. The van der Waals surface area contributed by atoms with Crippen LogP contribution in [-0.2, 0) is 31.5 Å². The molecule has 0 spiro atoms. The Kier molecular flexibility index (Phi) is 8.57. The van der Waals surface area contributed by atoms with E-state index in [1.165, 1.54) is 26.4 Å². The van der Waals surface area contributed by atoms with Crippen molar-refractivity contribution < 1.29 is 64.5 Å². The van der Waals surface area contributed by atoms with Crippen LogP contribution in [0.25, 0.3) is 0 Å². The summed E-state index contributed by atoms with van der Waals surface area (Å²) >= 11 is 14.6. The maximum Gasteiger partial charge on any atom is 0.416 e. The minimum absolute atomic E-state index is 0.0900. The summed E-state index contributed by atoms with van der Waals surface area (Å²) in [4.78, 5) is 53.1. The van der Waals surface area contributed by atoms with E-state index in [9.17, 15) is 55.0 Å². The van der Waals surface area contributed by atoms with Gasteiger partial charge in [-0.25, -0.2) is 14.2 Å². The van der Waals surface area contributed by atoms with Gasteiger partial charge in [0.15, 0.2) is 9.75 Å². The number of methoxy groups -OCH3 is 2. The summed E-state index contributed by atoms with van der Waals surface area (Å²) in [6.07, 6.45) is -10.1. The number of aromatic hydroxyl groups is 1. The van der Waals surface area contributed by atoms with E-state index in [-0.39, 0.29) is 57.8 Å². The first-order valence-corrected chi connectivity index (χ1v) is 16.8. The van der Waals surface area contributed by atoms with Crippen molar-refractivity contribution in [3.63, 3.8) is 0 Å². The molecule has 4 aliphatic rings. The van der Waals surface area contributed by atoms with Gasteiger partial charge in [-0.2, -0.15) is 26.3 Å². The summed E-state index contributed by atoms with van der Waals surface area (Å²) in [6.45, 7) is 0. The van der Waals surface area contributed by atoms with Gasteiger partial charge < -0.3 is 14.6 Å². The smallest absolute Gasteiger partial charge is 0.416 e. The zero-order chi connectivity index (χ0) is 39.4. The molecule has 4 amide bonds. The van der Waals surface area contributed by atoms with E-state index in [0.29, 0.717) is 4.90 Å². The van der Waals surface area contributed by atoms with Crippen molar-refractivity contribution in [1.82, 2.24) is 0 Å². The van der Waals surface area contributed by atoms with Gasteiger partial charge >= 0.3 is 12.4 Å². The quantitative estimate of drug-likeness (QED) is 0.124. The highest BCUT2D eigenvalue weighted by Gasteiger charge is 2.77. The standard InChI is InChI=1S/C36H25Cl2F7N2O7/c1-53-20-12-24(48)27(25(13-20)54-2)28-21-7-8-22-26(30(50)46(29(22)49)19-10-15(35(40,41)42)9-16(11-19)36(43,44)45)23(21)14-33(37)31(51)47(32(52)34(28,33)38)18-5-3-17(39)4-6-18/h3-7,9-13,22-23,26,28,48H,8,14H2,1-2H3. The van der Waals surface area contributed by atoms with Crippen molar-refractivity contribution in [2.45, 2.75) is 40.9 Å². The van der Waals surface area contributed by atoms with E-state index < -0.39 is 104 Å². The number of ether oxygens (including phenoxy) is 2. The second kappa shape index (κ2) is 12.3. The van der Waals surface area contributed by atoms with Gasteiger partial charge in [0.2, 0.25) is 11.8 Å². The number of rotatable bonds is 5. The molecular weight excluding hydrogens is 776 g/mol. The molecule has 3 aromatic carbocycles. The fourth-order valence-electron chi connectivity index (χ4n) is 8.20. The third-order valence-electron chi connectivity index (χ3n) is 10.6. The number of phenolic OH excluding ortho intramolecular Hbond substituents is 1. The highest BCUT2D eigenvalue weighted by atomic mass is 35.5. The first-order chi connectivity index (χ1) is 25.2. The number of fused-ring (bicyclic) bond motifs is 4. The molecule has 18 heteroatoms. The van der Waals surface area contributed by atoms with Crippen LogP contribution in [0.15, 0.2) is 66.2 Å². The molecule has 1 N–H and O–H groups in total. The number of hydrogen-bond acceptors (Lipinski definition) is 7. The molecule has 2 aliphatic carbocycles. The van der Waals surface area contributed by atoms with Gasteiger partial charge in [-0.05, 0) is 61.2 Å². The molecule has 0 aromatic heterocycles. The van der Waals surface area contributed by atoms with Crippen LogP contribution in [-0.4, -0.2) is 52.7 Å². The number of nitrogens with zero attached hydrogens (tertiary/aromatic N) is 2. The summed E-state index contributed by atoms with van der Waals surface area (Å²) in [7, 11) is 2.50. The largest absolute Gasteiger partial charge is 0.507 e. The lowest BCUT2D eigenvalue weighted by atomic mass is 9.56. The van der Waals surface area contributed by atoms with Gasteiger partial charge in [-0.3, -0.25) is 19.2 Å². The molecule has 9 nitrogen and oxygen atoms in total. The van der Waals surface area contributed by atoms with Crippen LogP contribution in [0.1, 0.15) is 35.4 Å². The van der Waals surface area contributed by atoms with E-state index in [4.69, 9.17) is 32.7 Å². The SMILES string of the molecule is COc1cc(O)c(C2C3=CCC4C(=O)N(c5cc(C(F)(F)F)cc(C(F)(F)F)c5)C(=O)C4C3CC3(Cl)C(=O)N(c4ccc(F)cc4)C(=O)C23Cl)c(OC)c1. The number of carbonyl (C=O) groups is 4. The molecule has 3 fully saturated rings. The molecule has 284 valence electrons. The van der Waals surface area contributed by atoms with Crippen molar-refractivity contribution in [3.05, 3.63) is 88.8 Å². The number of allylic oxidation sites excluding steroid dienone is 2. The van der Waals surface area contributed by atoms with Crippen LogP contribution in [0.3, 0.4) is 0 Å². The van der Waals surface area contributed by atoms with E-state index in [1.807, 2.05) is 0 Å². The zero-order valence-corrected chi connectivity index (χ0v) is 29.2. The number of hydrogen-bond donors (Lipinski definition) is 1. The van der Waals surface area contributed by atoms with Crippen LogP contribution in [0.5, 0.6) is 17.2 Å². The summed E-state index contributed by atoms with van der Waals surface area (Å²) in [5, 5.41) is 11.5. The van der Waals surface area contributed by atoms with Crippen LogP contribution in [0.2, 0.25) is 0 Å². The third kappa shape index (κ3) is 5.27. The van der Waals surface area contributed by atoms with Crippen LogP contribution >= 0.6 is 23.2 Å². The number of benzene rings is 3. The Bertz CT molecular complexity index is 2140. The van der Waals surface area contributed by atoms with Crippen molar-refractivity contribution in [3.8, 4) is 17.2 Å². The summed E-state index contributed by atoms with van der Waals surface area (Å²) in [5.74, 6) is -11.6. The molecule has 2 aliphatic heterocycles. The van der Waals surface area contributed by atoms with E-state index in [0.717, 1.165) is 30.3 Å². The van der Waals surface area contributed by atoms with E-state index in [1.54, 1.807) is 0 Å². The molecule has 1 saturated carbocycles. The minimum atomic E-state index is -5.29. The van der Waals surface area contributed by atoms with Crippen LogP contribution < -0.4 is 19.3 Å². The first kappa shape index (κ1) is 37.5. The Labute approximate surface area is 310 Å². The van der Waals surface area contributed by atoms with Crippen molar-refractivity contribution in [2.75, 3.05) is 24.0 Å². The lowest BCUT2D eigenvalue weighted by Crippen LogP contribution is -2.60. The number of anilines is 2. The molecule has 6 unspecified atom stereocenters. The third-order valence-corrected chi connectivity index (χ3v) is 12.0. The molecule has 3 aromatic rings. The molecule has 0 bridgehead atoms. The average molecular weight is 801 g/mol. The Morgan fingerprint density at radius 1 is 0.778 bits per heavy atom. The van der Waals surface area contributed by atoms with Gasteiger partial charge in [0.1, 0.15) is 23.1 Å². The molecule has 7 rings (SSSR count). The Balaban J connectivity index is 1.42. The second-order valence-electron chi connectivity index (χ2n) is 13.3. The Hall–Kier alpha value is -4.83. The number of halogens is 9. The molecule has 6 atom stereocenters. The maximum absolute atomic E-state index is 14.6. The molecule has 0 radical (unpaired) electrons. The maximum atomic E-state index is 14.6. The zero-order valence-electron chi connectivity index (χ0n) is 27.7. The van der Waals surface area contributed by atoms with Crippen molar-refractivity contribution in [1.29, 1.82) is 0 Å². The average Bonchev–Trinajstić information content (AvgIpc) is 3.45. The Morgan fingerprint density at radius 2 is 1.39 bits per heavy atom. The van der Waals surface area contributed by atoms with Crippen LogP contribution in [0.4, 0.5) is 42.1 Å². The normalized spacial score (nSPS) is 28.2. The van der Waals surface area contributed by atoms with Gasteiger partial charge in [0.25, 0.3) is 11.8 Å². The van der Waals surface area contributed by atoms with Crippen molar-refractivity contribution in [2.24, 2.45) is 17.8 Å². The van der Waals surface area contributed by atoms with Gasteiger partial charge in [0.05, 0.1) is 48.6 Å². The predicted octanol–water partition coefficient (Wildman–Crippen LogP) is 7.35. The molecule has 54 heavy (non-hydrogen) atoms. The molecule has 2 saturated heterocycles. The van der Waals surface area contributed by atoms with E-state index in [2.05, 4.69) is 0 Å². The highest BCUT2D eigenvalue weighted by Crippen LogP contribution is 2.67. The monoisotopic (exact) mass is 800 g/mol. The lowest BCUT2D eigenvalue weighted by Gasteiger charge is -2.50. The fraction of sp³-hybridized carbons (Fsp3) is 0.333. The highest BCUT2D eigenvalue weighted by molar-refractivity contribution is 6.58. The number of carbonyl (C=O) groups excluding carboxylic acids is 4. The molecule has 2 heterocycles. The number of phenols is 1. The number of amides is 4. The topological polar surface area (TPSA) is 113 Å². The van der Waals surface area contributed by atoms with Gasteiger partial charge in [-0.15, -0.1) is 23.2 Å². The lowest BCUT2D eigenvalue weighted by molar-refractivity contribution is -0.143. The predicted molar refractivity (Wildman–Crippen MR) is 177 cm³/mol. The fourth-order valence-corrected chi connectivity index (χ4v) is 9.12. The van der Waals surface area contributed by atoms with Gasteiger partial charge in [0, 0.05) is 23.6 Å². The second-order valence-corrected chi connectivity index (χ2v) is 14.5. The van der Waals surface area contributed by atoms with E-state index >= 15 is 0 Å². The van der Waals surface area contributed by atoms with Crippen LogP contribution in [0, 0.1) is 23.6 Å².